The summed E-state index contributed by atoms with van der Waals surface area (Å²) in [6.07, 6.45) is 0. The Labute approximate surface area is 149 Å². The van der Waals surface area contributed by atoms with Gasteiger partial charge in [0.2, 0.25) is 0 Å². The Kier molecular flexibility index (Phi) is 4.67. The van der Waals surface area contributed by atoms with E-state index in [4.69, 9.17) is 16.3 Å². The summed E-state index contributed by atoms with van der Waals surface area (Å²) in [7, 11) is 1.27. The van der Waals surface area contributed by atoms with Gasteiger partial charge in [0.25, 0.3) is 0 Å². The molecule has 1 heterocycles. The lowest BCUT2D eigenvalue weighted by molar-refractivity contribution is 0.0590. The summed E-state index contributed by atoms with van der Waals surface area (Å²) >= 11 is 6.14. The molecule has 3 aromatic rings. The molecular weight excluding hydrogens is 340 g/mol. The highest BCUT2D eigenvalue weighted by Crippen LogP contribution is 2.25. The molecule has 5 nitrogen and oxygen atoms in total. The number of nitrogens with zero attached hydrogens (tertiary/aromatic N) is 2. The van der Waals surface area contributed by atoms with E-state index in [0.717, 1.165) is 0 Å². The van der Waals surface area contributed by atoms with E-state index in [1.807, 2.05) is 30.3 Å². The van der Waals surface area contributed by atoms with Crippen LogP contribution in [0.25, 0.3) is 16.6 Å². The summed E-state index contributed by atoms with van der Waals surface area (Å²) in [5.74, 6) is -0.624. The van der Waals surface area contributed by atoms with Gasteiger partial charge >= 0.3 is 5.97 Å². The third kappa shape index (κ3) is 2.94. The van der Waals surface area contributed by atoms with Crippen molar-refractivity contribution in [2.24, 2.45) is 4.99 Å². The number of hydrogen-bond donors (Lipinski definition) is 0. The summed E-state index contributed by atoms with van der Waals surface area (Å²) in [5.41, 5.74) is 1.31. The molecule has 0 spiro atoms. The number of fused-ring (bicyclic) bond motifs is 1. The monoisotopic (exact) mass is 354 g/mol. The summed E-state index contributed by atoms with van der Waals surface area (Å²) in [6, 6.07) is 14.2. The zero-order valence-electron chi connectivity index (χ0n) is 13.5. The molecule has 126 valence electrons. The van der Waals surface area contributed by atoms with Crippen LogP contribution in [0.3, 0.4) is 0 Å². The highest BCUT2D eigenvalue weighted by atomic mass is 35.5. The van der Waals surface area contributed by atoms with Gasteiger partial charge < -0.3 is 9.30 Å². The van der Waals surface area contributed by atoms with Crippen molar-refractivity contribution in [3.8, 4) is 5.69 Å². The number of aliphatic imine (C=N–C) groups is 1. The van der Waals surface area contributed by atoms with Crippen molar-refractivity contribution in [3.63, 3.8) is 0 Å². The number of hydrogen-bond acceptors (Lipinski definition) is 4. The number of esters is 1. The van der Waals surface area contributed by atoms with Gasteiger partial charge in [-0.05, 0) is 37.0 Å². The first-order valence-corrected chi connectivity index (χ1v) is 7.89. The van der Waals surface area contributed by atoms with E-state index >= 15 is 0 Å². The second-order valence-electron chi connectivity index (χ2n) is 5.36. The highest BCUT2D eigenvalue weighted by molar-refractivity contribution is 6.31. The lowest BCUT2D eigenvalue weighted by Crippen LogP contribution is -2.24. The second-order valence-corrected chi connectivity index (χ2v) is 5.80. The van der Waals surface area contributed by atoms with Crippen LogP contribution >= 0.6 is 11.6 Å². The van der Waals surface area contributed by atoms with E-state index in [1.165, 1.54) is 7.11 Å². The fourth-order valence-electron chi connectivity index (χ4n) is 2.82. The zero-order chi connectivity index (χ0) is 18.0. The smallest absolute Gasteiger partial charge is 0.355 e. The maximum atomic E-state index is 12.9. The SMILES string of the molecule is C=NCc1c(C(=O)OC)n(-c2ccccc2)c2cc(Cl)ccc2c1=O. The molecule has 0 aliphatic carbocycles. The lowest BCUT2D eigenvalue weighted by atomic mass is 10.1. The molecule has 0 amide bonds. The van der Waals surface area contributed by atoms with Crippen molar-refractivity contribution in [1.82, 2.24) is 4.57 Å². The molecule has 0 unspecified atom stereocenters. The van der Waals surface area contributed by atoms with Crippen LogP contribution in [-0.2, 0) is 11.3 Å². The number of halogens is 1. The topological polar surface area (TPSA) is 60.7 Å². The third-order valence-electron chi connectivity index (χ3n) is 3.89. The van der Waals surface area contributed by atoms with Gasteiger partial charge in [-0.3, -0.25) is 9.79 Å². The second kappa shape index (κ2) is 6.91. The van der Waals surface area contributed by atoms with Crippen LogP contribution in [0.15, 0.2) is 58.3 Å². The normalized spacial score (nSPS) is 10.6. The molecule has 0 bridgehead atoms. The molecule has 0 saturated carbocycles. The summed E-state index contributed by atoms with van der Waals surface area (Å²) in [5, 5.41) is 0.904. The molecular formula is C19H15ClN2O3. The number of para-hydroxylation sites is 1. The van der Waals surface area contributed by atoms with Crippen LogP contribution in [0.5, 0.6) is 0 Å². The first-order chi connectivity index (χ1) is 12.1. The molecule has 0 radical (unpaired) electrons. The number of carbonyl (C=O) groups is 1. The van der Waals surface area contributed by atoms with E-state index in [0.29, 0.717) is 21.6 Å². The van der Waals surface area contributed by atoms with Crippen LogP contribution in [0, 0.1) is 0 Å². The van der Waals surface area contributed by atoms with Crippen molar-refractivity contribution in [1.29, 1.82) is 0 Å². The van der Waals surface area contributed by atoms with E-state index < -0.39 is 5.97 Å². The molecule has 0 N–H and O–H groups in total. The minimum Gasteiger partial charge on any atom is -0.464 e. The average Bonchev–Trinajstić information content (AvgIpc) is 2.63. The van der Waals surface area contributed by atoms with Crippen molar-refractivity contribution in [3.05, 3.63) is 75.0 Å². The van der Waals surface area contributed by atoms with E-state index in [9.17, 15) is 9.59 Å². The zero-order valence-corrected chi connectivity index (χ0v) is 14.3. The van der Waals surface area contributed by atoms with E-state index in [1.54, 1.807) is 22.8 Å². The van der Waals surface area contributed by atoms with Gasteiger partial charge in [-0.15, -0.1) is 0 Å². The number of methoxy groups -OCH3 is 1. The fraction of sp³-hybridized carbons (Fsp3) is 0.105. The summed E-state index contributed by atoms with van der Waals surface area (Å²) in [4.78, 5) is 29.2. The average molecular weight is 355 g/mol. The van der Waals surface area contributed by atoms with E-state index in [2.05, 4.69) is 11.7 Å². The minimum absolute atomic E-state index is 0.00860. The highest BCUT2D eigenvalue weighted by Gasteiger charge is 2.23. The molecule has 6 heteroatoms. The molecule has 0 aliphatic rings. The number of aromatic nitrogens is 1. The summed E-state index contributed by atoms with van der Waals surface area (Å²) in [6.45, 7) is 3.46. The predicted molar refractivity (Wildman–Crippen MR) is 99.1 cm³/mol. The Morgan fingerprint density at radius 1 is 1.24 bits per heavy atom. The minimum atomic E-state index is -0.624. The Morgan fingerprint density at radius 3 is 2.60 bits per heavy atom. The lowest BCUT2D eigenvalue weighted by Gasteiger charge is -2.18. The maximum Gasteiger partial charge on any atom is 0.355 e. The van der Waals surface area contributed by atoms with Gasteiger partial charge in [-0.1, -0.05) is 29.8 Å². The van der Waals surface area contributed by atoms with Crippen molar-refractivity contribution < 1.29 is 9.53 Å². The standard InChI is InChI=1S/C19H15ClN2O3/c1-21-11-15-17(19(24)25-2)22(13-6-4-3-5-7-13)16-10-12(20)8-9-14(16)18(15)23/h3-10H,1,11H2,2H3. The van der Waals surface area contributed by atoms with Crippen molar-refractivity contribution in [2.45, 2.75) is 6.54 Å². The third-order valence-corrected chi connectivity index (χ3v) is 4.13. The van der Waals surface area contributed by atoms with Crippen LogP contribution in [-0.4, -0.2) is 24.4 Å². The Morgan fingerprint density at radius 2 is 1.96 bits per heavy atom. The Balaban J connectivity index is 2.58. The quantitative estimate of drug-likeness (QED) is 0.531. The van der Waals surface area contributed by atoms with Gasteiger partial charge in [-0.25, -0.2) is 4.79 Å². The number of rotatable bonds is 4. The molecule has 0 aliphatic heterocycles. The van der Waals surface area contributed by atoms with Gasteiger partial charge in [0.1, 0.15) is 5.69 Å². The molecule has 2 aromatic carbocycles. The first kappa shape index (κ1) is 16.9. The summed E-state index contributed by atoms with van der Waals surface area (Å²) < 4.78 is 6.60. The molecule has 1 aromatic heterocycles. The number of pyridine rings is 1. The predicted octanol–water partition coefficient (Wildman–Crippen LogP) is 3.63. The maximum absolute atomic E-state index is 12.9. The van der Waals surface area contributed by atoms with Gasteiger partial charge in [0, 0.05) is 16.1 Å². The Bertz CT molecular complexity index is 1030. The van der Waals surface area contributed by atoms with Crippen molar-refractivity contribution >= 4 is 35.2 Å². The molecule has 0 fully saturated rings. The van der Waals surface area contributed by atoms with Gasteiger partial charge in [0.15, 0.2) is 5.43 Å². The number of carbonyl (C=O) groups excluding carboxylic acids is 1. The van der Waals surface area contributed by atoms with Gasteiger partial charge in [-0.2, -0.15) is 0 Å². The van der Waals surface area contributed by atoms with E-state index in [-0.39, 0.29) is 23.2 Å². The molecule has 3 rings (SSSR count). The first-order valence-electron chi connectivity index (χ1n) is 7.52. The van der Waals surface area contributed by atoms with Gasteiger partial charge in [0.05, 0.1) is 24.7 Å². The molecule has 0 atom stereocenters. The molecule has 0 saturated heterocycles. The van der Waals surface area contributed by atoms with Crippen molar-refractivity contribution in [2.75, 3.05) is 7.11 Å². The number of ether oxygens (including phenoxy) is 1. The number of benzene rings is 2. The van der Waals surface area contributed by atoms with Crippen LogP contribution in [0.1, 0.15) is 16.1 Å². The van der Waals surface area contributed by atoms with Crippen LogP contribution in [0.2, 0.25) is 5.02 Å². The largest absolute Gasteiger partial charge is 0.464 e. The Hall–Kier alpha value is -2.92. The van der Waals surface area contributed by atoms with Crippen LogP contribution < -0.4 is 5.43 Å². The van der Waals surface area contributed by atoms with Crippen LogP contribution in [0.4, 0.5) is 0 Å². The fourth-order valence-corrected chi connectivity index (χ4v) is 2.99. The molecule has 25 heavy (non-hydrogen) atoms.